The van der Waals surface area contributed by atoms with Gasteiger partial charge in [-0.25, -0.2) is 0 Å². The summed E-state index contributed by atoms with van der Waals surface area (Å²) in [5.41, 5.74) is 2.15. The third kappa shape index (κ3) is 7.00. The van der Waals surface area contributed by atoms with Crippen molar-refractivity contribution in [3.8, 4) is 11.5 Å². The number of hydrogen-bond donors (Lipinski definition) is 1. The van der Waals surface area contributed by atoms with Crippen molar-refractivity contribution in [2.45, 2.75) is 78.2 Å². The van der Waals surface area contributed by atoms with Gasteiger partial charge in [0.2, 0.25) is 12.7 Å². The molecule has 0 aliphatic carbocycles. The summed E-state index contributed by atoms with van der Waals surface area (Å²) in [6, 6.07) is 5.51. The molecule has 194 valence electrons. The van der Waals surface area contributed by atoms with E-state index >= 15 is 0 Å². The van der Waals surface area contributed by atoms with Crippen LogP contribution >= 0.6 is 0 Å². The number of hydrogen-bond acceptors (Lipinski definition) is 5. The molecule has 3 rings (SSSR count). The van der Waals surface area contributed by atoms with Gasteiger partial charge in [-0.1, -0.05) is 44.4 Å². The molecular formula is C28H42N2O5. The SMILES string of the molecule is CCCCN(CCCC)C(=O)CN1C[C@H](c2ccc3c(c2)OCO3)[C@@H](C(=O)O)[C@@H]1CCC=C(C)C. The summed E-state index contributed by atoms with van der Waals surface area (Å²) in [7, 11) is 0. The summed E-state index contributed by atoms with van der Waals surface area (Å²) in [6.07, 6.45) is 7.71. The molecule has 2 aliphatic rings. The number of carbonyl (C=O) groups excluding carboxylic acids is 1. The Balaban J connectivity index is 1.85. The van der Waals surface area contributed by atoms with Gasteiger partial charge in [-0.3, -0.25) is 14.5 Å². The van der Waals surface area contributed by atoms with Crippen LogP contribution in [0.15, 0.2) is 29.8 Å². The maximum atomic E-state index is 13.4. The van der Waals surface area contributed by atoms with Crippen LogP contribution in [0.2, 0.25) is 0 Å². The molecule has 0 bridgehead atoms. The van der Waals surface area contributed by atoms with Gasteiger partial charge < -0.3 is 19.5 Å². The van der Waals surface area contributed by atoms with Crippen LogP contribution in [-0.2, 0) is 9.59 Å². The summed E-state index contributed by atoms with van der Waals surface area (Å²) in [6.45, 7) is 10.9. The second kappa shape index (κ2) is 13.0. The van der Waals surface area contributed by atoms with Crippen molar-refractivity contribution < 1.29 is 24.2 Å². The van der Waals surface area contributed by atoms with Crippen LogP contribution in [-0.4, -0.2) is 65.8 Å². The molecule has 0 radical (unpaired) electrons. The summed E-state index contributed by atoms with van der Waals surface area (Å²) in [5, 5.41) is 10.3. The van der Waals surface area contributed by atoms with E-state index in [1.54, 1.807) is 0 Å². The first-order valence-corrected chi connectivity index (χ1v) is 13.1. The van der Waals surface area contributed by atoms with Gasteiger partial charge in [0.25, 0.3) is 0 Å². The number of rotatable bonds is 13. The third-order valence-electron chi connectivity index (χ3n) is 7.13. The minimum Gasteiger partial charge on any atom is -0.481 e. The number of likely N-dealkylation sites (tertiary alicyclic amines) is 1. The van der Waals surface area contributed by atoms with E-state index in [9.17, 15) is 14.7 Å². The highest BCUT2D eigenvalue weighted by molar-refractivity contribution is 5.79. The van der Waals surface area contributed by atoms with E-state index in [4.69, 9.17) is 9.47 Å². The lowest BCUT2D eigenvalue weighted by molar-refractivity contribution is -0.143. The van der Waals surface area contributed by atoms with Gasteiger partial charge in [-0.05, 0) is 57.2 Å². The number of fused-ring (bicyclic) bond motifs is 1. The van der Waals surface area contributed by atoms with E-state index in [2.05, 4.69) is 38.7 Å². The number of ether oxygens (including phenoxy) is 2. The van der Waals surface area contributed by atoms with Gasteiger partial charge in [-0.2, -0.15) is 0 Å². The fourth-order valence-corrected chi connectivity index (χ4v) is 5.21. The lowest BCUT2D eigenvalue weighted by Gasteiger charge is -2.29. The van der Waals surface area contributed by atoms with Gasteiger partial charge in [0.15, 0.2) is 11.5 Å². The Kier molecular flexibility index (Phi) is 10.0. The third-order valence-corrected chi connectivity index (χ3v) is 7.13. The molecule has 3 atom stereocenters. The number of aliphatic carboxylic acids is 1. The van der Waals surface area contributed by atoms with Gasteiger partial charge in [0, 0.05) is 31.6 Å². The van der Waals surface area contributed by atoms with Gasteiger partial charge in [-0.15, -0.1) is 0 Å². The molecule has 0 aromatic heterocycles. The smallest absolute Gasteiger partial charge is 0.308 e. The van der Waals surface area contributed by atoms with Crippen molar-refractivity contribution in [3.05, 3.63) is 35.4 Å². The largest absolute Gasteiger partial charge is 0.481 e. The Hall–Kier alpha value is -2.54. The molecule has 0 spiro atoms. The van der Waals surface area contributed by atoms with Crippen molar-refractivity contribution in [1.82, 2.24) is 9.80 Å². The zero-order chi connectivity index (χ0) is 25.4. The molecule has 1 N–H and O–H groups in total. The van der Waals surface area contributed by atoms with Crippen LogP contribution in [0.25, 0.3) is 0 Å². The number of allylic oxidation sites excluding steroid dienone is 2. The zero-order valence-corrected chi connectivity index (χ0v) is 21.8. The summed E-state index contributed by atoms with van der Waals surface area (Å²) < 4.78 is 11.0. The van der Waals surface area contributed by atoms with Gasteiger partial charge >= 0.3 is 5.97 Å². The number of carboxylic acid groups (broad SMARTS) is 1. The highest BCUT2D eigenvalue weighted by Gasteiger charge is 2.47. The minimum absolute atomic E-state index is 0.106. The van der Waals surface area contributed by atoms with Crippen LogP contribution in [0.5, 0.6) is 11.5 Å². The van der Waals surface area contributed by atoms with Gasteiger partial charge in [0.05, 0.1) is 12.5 Å². The van der Waals surface area contributed by atoms with E-state index < -0.39 is 11.9 Å². The molecule has 2 heterocycles. The normalized spacial score (nSPS) is 21.2. The maximum absolute atomic E-state index is 13.4. The second-order valence-corrected chi connectivity index (χ2v) is 10.0. The summed E-state index contributed by atoms with van der Waals surface area (Å²) in [5.74, 6) is -0.159. The van der Waals surface area contributed by atoms with E-state index in [1.807, 2.05) is 23.1 Å². The average Bonchev–Trinajstić information content (AvgIpc) is 3.43. The fraction of sp³-hybridized carbons (Fsp3) is 0.643. The number of carboxylic acids is 1. The van der Waals surface area contributed by atoms with Crippen LogP contribution in [0, 0.1) is 5.92 Å². The number of nitrogens with zero attached hydrogens (tertiary/aromatic N) is 2. The highest BCUT2D eigenvalue weighted by Crippen LogP contribution is 2.43. The standard InChI is InChI=1S/C28H42N2O5/c1-5-7-14-29(15-8-6-2)26(31)18-30-17-22(21-12-13-24-25(16-21)35-19-34-24)27(28(32)33)23(30)11-9-10-20(3)4/h10,12-13,16,22-23,27H,5-9,11,14-15,17-19H2,1-4H3,(H,32,33)/t22-,23+,27-/m1/s1. The quantitative estimate of drug-likeness (QED) is 0.393. The van der Waals surface area contributed by atoms with Crippen molar-refractivity contribution in [3.63, 3.8) is 0 Å². The Morgan fingerprint density at radius 2 is 1.80 bits per heavy atom. The van der Waals surface area contributed by atoms with Crippen LogP contribution < -0.4 is 9.47 Å². The van der Waals surface area contributed by atoms with Gasteiger partial charge in [0.1, 0.15) is 0 Å². The van der Waals surface area contributed by atoms with Crippen LogP contribution in [0.4, 0.5) is 0 Å². The molecule has 1 amide bonds. The Bertz CT molecular complexity index is 887. The lowest BCUT2D eigenvalue weighted by Crippen LogP contribution is -2.44. The second-order valence-electron chi connectivity index (χ2n) is 10.0. The number of amides is 1. The zero-order valence-electron chi connectivity index (χ0n) is 21.8. The predicted molar refractivity (Wildman–Crippen MR) is 137 cm³/mol. The molecule has 1 aromatic rings. The summed E-state index contributed by atoms with van der Waals surface area (Å²) in [4.78, 5) is 30.1. The monoisotopic (exact) mass is 486 g/mol. The molecule has 1 fully saturated rings. The van der Waals surface area contributed by atoms with E-state index in [-0.39, 0.29) is 31.2 Å². The first-order chi connectivity index (χ1) is 16.8. The van der Waals surface area contributed by atoms with Crippen LogP contribution in [0.1, 0.15) is 77.7 Å². The van der Waals surface area contributed by atoms with E-state index in [0.29, 0.717) is 24.5 Å². The molecule has 2 aliphatic heterocycles. The highest BCUT2D eigenvalue weighted by atomic mass is 16.7. The Morgan fingerprint density at radius 1 is 1.11 bits per heavy atom. The minimum atomic E-state index is -0.807. The van der Waals surface area contributed by atoms with Crippen molar-refractivity contribution in [2.24, 2.45) is 5.92 Å². The Labute approximate surface area is 210 Å². The lowest BCUT2D eigenvalue weighted by atomic mass is 9.83. The van der Waals surface area contributed by atoms with Crippen molar-refractivity contribution >= 4 is 11.9 Å². The maximum Gasteiger partial charge on any atom is 0.308 e. The molecule has 7 nitrogen and oxygen atoms in total. The molecule has 0 unspecified atom stereocenters. The molecule has 35 heavy (non-hydrogen) atoms. The molecule has 0 saturated carbocycles. The molecule has 1 saturated heterocycles. The molecular weight excluding hydrogens is 444 g/mol. The van der Waals surface area contributed by atoms with E-state index in [1.165, 1.54) is 5.57 Å². The molecule has 1 aromatic carbocycles. The fourth-order valence-electron chi connectivity index (χ4n) is 5.21. The first-order valence-electron chi connectivity index (χ1n) is 13.1. The van der Waals surface area contributed by atoms with Crippen LogP contribution in [0.3, 0.4) is 0 Å². The molecule has 7 heteroatoms. The van der Waals surface area contributed by atoms with E-state index in [0.717, 1.165) is 50.8 Å². The first kappa shape index (κ1) is 27.1. The summed E-state index contributed by atoms with van der Waals surface area (Å²) >= 11 is 0. The number of unbranched alkanes of at least 4 members (excludes halogenated alkanes) is 2. The topological polar surface area (TPSA) is 79.3 Å². The number of benzene rings is 1. The Morgan fingerprint density at radius 3 is 2.43 bits per heavy atom. The van der Waals surface area contributed by atoms with Crippen molar-refractivity contribution in [2.75, 3.05) is 33.0 Å². The number of carbonyl (C=O) groups is 2. The van der Waals surface area contributed by atoms with Crippen molar-refractivity contribution in [1.29, 1.82) is 0 Å². The predicted octanol–water partition coefficient (Wildman–Crippen LogP) is 5.06. The average molecular weight is 487 g/mol.